The summed E-state index contributed by atoms with van der Waals surface area (Å²) < 4.78 is 31.3. The van der Waals surface area contributed by atoms with E-state index in [1.165, 1.54) is 22.5 Å². The molecule has 0 bridgehead atoms. The SMILES string of the molecule is Cc1cccc(-c2ccc(-c3ccc([C@@]4(CC(=O)OCC[Si](C)(C)C)CCCCS4(=O)=O)s3)cc2)c1. The topological polar surface area (TPSA) is 60.4 Å². The van der Waals surface area contributed by atoms with E-state index in [1.54, 1.807) is 0 Å². The largest absolute Gasteiger partial charge is 0.466 e. The molecule has 0 aliphatic carbocycles. The van der Waals surface area contributed by atoms with Crippen molar-refractivity contribution >= 4 is 35.2 Å². The van der Waals surface area contributed by atoms with Crippen molar-refractivity contribution < 1.29 is 17.9 Å². The Hall–Kier alpha value is -2.22. The van der Waals surface area contributed by atoms with Gasteiger partial charge in [-0.1, -0.05) is 80.2 Å². The lowest BCUT2D eigenvalue weighted by molar-refractivity contribution is -0.144. The van der Waals surface area contributed by atoms with Crippen molar-refractivity contribution in [2.45, 2.75) is 63.0 Å². The summed E-state index contributed by atoms with van der Waals surface area (Å²) in [5.74, 6) is -0.288. The molecule has 1 aromatic heterocycles. The molecule has 0 unspecified atom stereocenters. The molecule has 1 atom stereocenters. The summed E-state index contributed by atoms with van der Waals surface area (Å²) >= 11 is 1.49. The predicted octanol–water partition coefficient (Wildman–Crippen LogP) is 7.46. The summed E-state index contributed by atoms with van der Waals surface area (Å²) in [6.07, 6.45) is 1.80. The first-order valence-corrected chi connectivity index (χ1v) is 18.8. The number of hydrogen-bond acceptors (Lipinski definition) is 5. The zero-order valence-electron chi connectivity index (χ0n) is 21.7. The van der Waals surface area contributed by atoms with E-state index in [0.717, 1.165) is 33.3 Å². The molecule has 4 nitrogen and oxygen atoms in total. The van der Waals surface area contributed by atoms with Gasteiger partial charge in [0.2, 0.25) is 0 Å². The summed E-state index contributed by atoms with van der Waals surface area (Å²) in [6, 6.07) is 21.6. The number of carbonyl (C=O) groups excluding carboxylic acids is 1. The van der Waals surface area contributed by atoms with Crippen molar-refractivity contribution in [2.24, 2.45) is 0 Å². The van der Waals surface area contributed by atoms with Crippen molar-refractivity contribution in [3.8, 4) is 21.6 Å². The summed E-state index contributed by atoms with van der Waals surface area (Å²) in [5, 5.41) is 0. The maximum absolute atomic E-state index is 13.5. The average Bonchev–Trinajstić information content (AvgIpc) is 3.30. The van der Waals surface area contributed by atoms with Gasteiger partial charge in [0.25, 0.3) is 0 Å². The number of rotatable bonds is 8. The summed E-state index contributed by atoms with van der Waals surface area (Å²) in [5.41, 5.74) is 4.58. The van der Waals surface area contributed by atoms with E-state index in [4.69, 9.17) is 4.74 Å². The van der Waals surface area contributed by atoms with Crippen LogP contribution in [0.25, 0.3) is 21.6 Å². The lowest BCUT2D eigenvalue weighted by Gasteiger charge is -2.35. The van der Waals surface area contributed by atoms with Crippen LogP contribution in [0.15, 0.2) is 60.7 Å². The normalized spacial score (nSPS) is 19.7. The van der Waals surface area contributed by atoms with Gasteiger partial charge >= 0.3 is 5.97 Å². The average molecular weight is 541 g/mol. The summed E-state index contributed by atoms with van der Waals surface area (Å²) in [7, 11) is -4.83. The maximum Gasteiger partial charge on any atom is 0.307 e. The molecule has 36 heavy (non-hydrogen) atoms. The van der Waals surface area contributed by atoms with Crippen LogP contribution in [0.3, 0.4) is 0 Å². The Labute approximate surface area is 220 Å². The number of ether oxygens (including phenoxy) is 1. The van der Waals surface area contributed by atoms with Gasteiger partial charge in [-0.2, -0.15) is 0 Å². The molecule has 1 saturated heterocycles. The number of sulfone groups is 1. The van der Waals surface area contributed by atoms with Gasteiger partial charge in [-0.3, -0.25) is 4.79 Å². The zero-order chi connectivity index (χ0) is 26.0. The summed E-state index contributed by atoms with van der Waals surface area (Å²) in [6.45, 7) is 9.15. The fraction of sp³-hybridized carbons (Fsp3) is 0.414. The van der Waals surface area contributed by atoms with E-state index in [2.05, 4.69) is 75.1 Å². The van der Waals surface area contributed by atoms with Gasteiger partial charge in [0.15, 0.2) is 9.84 Å². The molecule has 0 amide bonds. The molecule has 0 radical (unpaired) electrons. The number of thiophene rings is 1. The maximum atomic E-state index is 13.5. The first kappa shape index (κ1) is 26.8. The zero-order valence-corrected chi connectivity index (χ0v) is 24.3. The van der Waals surface area contributed by atoms with Crippen LogP contribution in [0.1, 0.15) is 36.1 Å². The molecular weight excluding hydrogens is 505 g/mol. The molecule has 0 saturated carbocycles. The summed E-state index contributed by atoms with van der Waals surface area (Å²) in [4.78, 5) is 14.6. The van der Waals surface area contributed by atoms with E-state index in [-0.39, 0.29) is 12.2 Å². The molecule has 2 aromatic carbocycles. The van der Waals surface area contributed by atoms with Crippen molar-refractivity contribution in [1.29, 1.82) is 0 Å². The van der Waals surface area contributed by atoms with E-state index < -0.39 is 28.6 Å². The molecule has 7 heteroatoms. The van der Waals surface area contributed by atoms with Crippen molar-refractivity contribution in [3.63, 3.8) is 0 Å². The van der Waals surface area contributed by atoms with Crippen LogP contribution in [0, 0.1) is 6.92 Å². The minimum absolute atomic E-state index is 0.104. The van der Waals surface area contributed by atoms with E-state index >= 15 is 0 Å². The van der Waals surface area contributed by atoms with E-state index in [0.29, 0.717) is 19.4 Å². The molecule has 0 N–H and O–H groups in total. The van der Waals surface area contributed by atoms with Gasteiger partial charge in [-0.15, -0.1) is 11.3 Å². The van der Waals surface area contributed by atoms with Crippen LogP contribution in [0.2, 0.25) is 25.7 Å². The second-order valence-corrected chi connectivity index (χ2v) is 20.2. The fourth-order valence-corrected chi connectivity index (χ4v) is 9.25. The van der Waals surface area contributed by atoms with Gasteiger partial charge in [-0.25, -0.2) is 8.42 Å². The highest BCUT2D eigenvalue weighted by atomic mass is 32.2. The molecule has 192 valence electrons. The third-order valence-corrected chi connectivity index (χ3v) is 12.7. The third kappa shape index (κ3) is 6.01. The number of benzene rings is 2. The van der Waals surface area contributed by atoms with Crippen LogP contribution < -0.4 is 0 Å². The molecule has 3 aromatic rings. The standard InChI is InChI=1S/C29H36O4S2Si/c1-22-8-7-9-25(20-22)23-10-12-24(13-11-23)26-14-15-27(34-26)29(16-5-6-18-35(29,31)32)21-28(30)33-17-19-36(2,3)4/h7-15,20H,5-6,16-19,21H2,1-4H3/t29-/m0/s1. The molecule has 0 spiro atoms. The second kappa shape index (κ2) is 10.6. The van der Waals surface area contributed by atoms with Crippen molar-refractivity contribution in [2.75, 3.05) is 12.4 Å². The lowest BCUT2D eigenvalue weighted by atomic mass is 9.95. The molecular formula is C29H36O4S2Si. The molecule has 1 aliphatic heterocycles. The smallest absolute Gasteiger partial charge is 0.307 e. The monoisotopic (exact) mass is 540 g/mol. The molecule has 1 fully saturated rings. The Morgan fingerprint density at radius 3 is 2.36 bits per heavy atom. The van der Waals surface area contributed by atoms with Crippen LogP contribution >= 0.6 is 11.3 Å². The highest BCUT2D eigenvalue weighted by Crippen LogP contribution is 2.47. The van der Waals surface area contributed by atoms with Crippen LogP contribution in [-0.2, 0) is 24.1 Å². The molecule has 2 heterocycles. The lowest BCUT2D eigenvalue weighted by Crippen LogP contribution is -2.42. The van der Waals surface area contributed by atoms with E-state index in [1.807, 2.05) is 12.1 Å². The Bertz CT molecular complexity index is 1320. The minimum Gasteiger partial charge on any atom is -0.466 e. The van der Waals surface area contributed by atoms with Gasteiger partial charge in [-0.05, 0) is 54.6 Å². The van der Waals surface area contributed by atoms with Crippen molar-refractivity contribution in [3.05, 3.63) is 71.1 Å². The number of hydrogen-bond donors (Lipinski definition) is 0. The Morgan fingerprint density at radius 1 is 0.972 bits per heavy atom. The third-order valence-electron chi connectivity index (χ3n) is 6.96. The Morgan fingerprint density at radius 2 is 1.69 bits per heavy atom. The van der Waals surface area contributed by atoms with Gasteiger partial charge in [0, 0.05) is 17.8 Å². The van der Waals surface area contributed by atoms with Gasteiger partial charge in [0.05, 0.1) is 18.8 Å². The van der Waals surface area contributed by atoms with Gasteiger partial charge in [0.1, 0.15) is 4.75 Å². The molecule has 4 rings (SSSR count). The van der Waals surface area contributed by atoms with Crippen LogP contribution in [0.4, 0.5) is 0 Å². The first-order chi connectivity index (χ1) is 17.0. The quantitative estimate of drug-likeness (QED) is 0.220. The number of esters is 1. The van der Waals surface area contributed by atoms with Crippen LogP contribution in [-0.4, -0.2) is 34.8 Å². The Kier molecular flexibility index (Phi) is 7.93. The molecule has 1 aliphatic rings. The van der Waals surface area contributed by atoms with E-state index in [9.17, 15) is 13.2 Å². The van der Waals surface area contributed by atoms with Crippen LogP contribution in [0.5, 0.6) is 0 Å². The van der Waals surface area contributed by atoms with Gasteiger partial charge < -0.3 is 4.74 Å². The predicted molar refractivity (Wildman–Crippen MR) is 153 cm³/mol. The second-order valence-electron chi connectivity index (χ2n) is 11.1. The fourth-order valence-electron chi connectivity index (χ4n) is 4.76. The highest BCUT2D eigenvalue weighted by molar-refractivity contribution is 7.92. The number of carbonyl (C=O) groups is 1. The minimum atomic E-state index is -3.48. The number of aryl methyl sites for hydroxylation is 1. The van der Waals surface area contributed by atoms with Crippen molar-refractivity contribution in [1.82, 2.24) is 0 Å². The highest BCUT2D eigenvalue weighted by Gasteiger charge is 2.49. The first-order valence-electron chi connectivity index (χ1n) is 12.6. The Balaban J connectivity index is 1.59.